The van der Waals surface area contributed by atoms with Crippen LogP contribution in [0.5, 0.6) is 5.75 Å². The average molecular weight is 303 g/mol. The molecule has 0 fully saturated rings. The SMILES string of the molecule is CCCOc1cc(/C=C/c2cccc3ccccc23)ncc1C. The third-order valence-electron chi connectivity index (χ3n) is 3.79. The molecule has 0 bridgehead atoms. The number of nitrogens with zero attached hydrogens (tertiary/aromatic N) is 1. The van der Waals surface area contributed by atoms with Gasteiger partial charge in [-0.05, 0) is 35.8 Å². The molecule has 0 aliphatic carbocycles. The fourth-order valence-corrected chi connectivity index (χ4v) is 2.55. The van der Waals surface area contributed by atoms with Gasteiger partial charge in [-0.3, -0.25) is 4.98 Å². The molecule has 3 aromatic rings. The van der Waals surface area contributed by atoms with Gasteiger partial charge in [0.25, 0.3) is 0 Å². The third kappa shape index (κ3) is 3.59. The molecule has 3 rings (SSSR count). The lowest BCUT2D eigenvalue weighted by Crippen LogP contribution is -1.98. The monoisotopic (exact) mass is 303 g/mol. The first kappa shape index (κ1) is 15.3. The summed E-state index contributed by atoms with van der Waals surface area (Å²) in [6.45, 7) is 4.87. The van der Waals surface area contributed by atoms with Crippen molar-refractivity contribution in [1.29, 1.82) is 0 Å². The molecular formula is C21H21NO. The minimum Gasteiger partial charge on any atom is -0.493 e. The van der Waals surface area contributed by atoms with Gasteiger partial charge in [-0.25, -0.2) is 0 Å². The summed E-state index contributed by atoms with van der Waals surface area (Å²) < 4.78 is 5.77. The highest BCUT2D eigenvalue weighted by molar-refractivity contribution is 5.92. The standard InChI is InChI=1S/C21H21NO/c1-3-13-23-21-14-19(22-15-16(21)2)12-11-18-9-6-8-17-7-4-5-10-20(17)18/h4-12,14-15H,3,13H2,1-2H3/b12-11+. The quantitative estimate of drug-likeness (QED) is 0.620. The number of aromatic nitrogens is 1. The van der Waals surface area contributed by atoms with Gasteiger partial charge in [0.15, 0.2) is 0 Å². The smallest absolute Gasteiger partial charge is 0.125 e. The Bertz CT molecular complexity index is 831. The Balaban J connectivity index is 1.90. The topological polar surface area (TPSA) is 22.1 Å². The van der Waals surface area contributed by atoms with E-state index in [-0.39, 0.29) is 0 Å². The number of hydrogen-bond acceptors (Lipinski definition) is 2. The Labute approximate surface area is 137 Å². The first-order chi connectivity index (χ1) is 11.3. The fourth-order valence-electron chi connectivity index (χ4n) is 2.55. The van der Waals surface area contributed by atoms with Crippen LogP contribution in [-0.4, -0.2) is 11.6 Å². The Morgan fingerprint density at radius 2 is 1.87 bits per heavy atom. The number of fused-ring (bicyclic) bond motifs is 1. The van der Waals surface area contributed by atoms with Crippen molar-refractivity contribution in [3.05, 3.63) is 71.5 Å². The minimum atomic E-state index is 0.733. The molecule has 0 amide bonds. The van der Waals surface area contributed by atoms with E-state index in [1.807, 2.05) is 25.3 Å². The van der Waals surface area contributed by atoms with Crippen molar-refractivity contribution in [3.8, 4) is 5.75 Å². The summed E-state index contributed by atoms with van der Waals surface area (Å²) in [6, 6.07) is 16.8. The van der Waals surface area contributed by atoms with Gasteiger partial charge < -0.3 is 4.74 Å². The summed E-state index contributed by atoms with van der Waals surface area (Å²) in [5.74, 6) is 0.916. The first-order valence-electron chi connectivity index (χ1n) is 8.03. The Morgan fingerprint density at radius 1 is 1.04 bits per heavy atom. The molecule has 2 heteroatoms. The van der Waals surface area contributed by atoms with Crippen LogP contribution in [0.1, 0.15) is 30.2 Å². The van der Waals surface area contributed by atoms with Crippen molar-refractivity contribution in [1.82, 2.24) is 4.98 Å². The zero-order chi connectivity index (χ0) is 16.1. The first-order valence-corrected chi connectivity index (χ1v) is 8.03. The lowest BCUT2D eigenvalue weighted by molar-refractivity contribution is 0.315. The molecule has 116 valence electrons. The Morgan fingerprint density at radius 3 is 2.74 bits per heavy atom. The van der Waals surface area contributed by atoms with Crippen LogP contribution in [0.2, 0.25) is 0 Å². The minimum absolute atomic E-state index is 0.733. The van der Waals surface area contributed by atoms with E-state index in [4.69, 9.17) is 4.74 Å². The van der Waals surface area contributed by atoms with E-state index >= 15 is 0 Å². The highest BCUT2D eigenvalue weighted by Crippen LogP contribution is 2.22. The third-order valence-corrected chi connectivity index (χ3v) is 3.79. The van der Waals surface area contributed by atoms with Crippen LogP contribution < -0.4 is 4.74 Å². The summed E-state index contributed by atoms with van der Waals surface area (Å²) in [6.07, 6.45) is 7.03. The van der Waals surface area contributed by atoms with E-state index in [0.29, 0.717) is 0 Å². The van der Waals surface area contributed by atoms with Crippen molar-refractivity contribution >= 4 is 22.9 Å². The lowest BCUT2D eigenvalue weighted by atomic mass is 10.0. The summed E-state index contributed by atoms with van der Waals surface area (Å²) in [4.78, 5) is 4.48. The van der Waals surface area contributed by atoms with Crippen molar-refractivity contribution in [2.75, 3.05) is 6.61 Å². The number of rotatable bonds is 5. The van der Waals surface area contributed by atoms with Crippen LogP contribution in [0.15, 0.2) is 54.7 Å². The molecule has 0 aliphatic heterocycles. The van der Waals surface area contributed by atoms with Crippen LogP contribution >= 0.6 is 0 Å². The Hall–Kier alpha value is -2.61. The average Bonchev–Trinajstić information content (AvgIpc) is 2.60. The van der Waals surface area contributed by atoms with Gasteiger partial charge in [-0.2, -0.15) is 0 Å². The Kier molecular flexibility index (Phi) is 4.72. The molecule has 0 unspecified atom stereocenters. The van der Waals surface area contributed by atoms with Crippen molar-refractivity contribution in [3.63, 3.8) is 0 Å². The summed E-state index contributed by atoms with van der Waals surface area (Å²) in [5, 5.41) is 2.50. The molecule has 2 aromatic carbocycles. The predicted molar refractivity (Wildman–Crippen MR) is 97.6 cm³/mol. The van der Waals surface area contributed by atoms with Crippen molar-refractivity contribution in [2.45, 2.75) is 20.3 Å². The molecule has 2 nitrogen and oxygen atoms in total. The number of hydrogen-bond donors (Lipinski definition) is 0. The normalized spacial score (nSPS) is 11.2. The van der Waals surface area contributed by atoms with Gasteiger partial charge in [0.05, 0.1) is 12.3 Å². The van der Waals surface area contributed by atoms with E-state index in [2.05, 4.69) is 60.4 Å². The van der Waals surface area contributed by atoms with Crippen LogP contribution in [-0.2, 0) is 0 Å². The highest BCUT2D eigenvalue weighted by Gasteiger charge is 2.02. The summed E-state index contributed by atoms with van der Waals surface area (Å²) in [5.41, 5.74) is 3.18. The number of benzene rings is 2. The zero-order valence-corrected chi connectivity index (χ0v) is 13.6. The summed E-state index contributed by atoms with van der Waals surface area (Å²) >= 11 is 0. The van der Waals surface area contributed by atoms with Crippen molar-refractivity contribution in [2.24, 2.45) is 0 Å². The van der Waals surface area contributed by atoms with Crippen LogP contribution in [0.25, 0.3) is 22.9 Å². The van der Waals surface area contributed by atoms with Gasteiger partial charge >= 0.3 is 0 Å². The van der Waals surface area contributed by atoms with Crippen LogP contribution in [0.3, 0.4) is 0 Å². The van der Waals surface area contributed by atoms with Gasteiger partial charge in [-0.15, -0.1) is 0 Å². The van der Waals surface area contributed by atoms with Crippen molar-refractivity contribution < 1.29 is 4.74 Å². The van der Waals surface area contributed by atoms with Gasteiger partial charge in [0, 0.05) is 17.8 Å². The molecule has 1 heterocycles. The molecule has 0 saturated carbocycles. The van der Waals surface area contributed by atoms with Crippen LogP contribution in [0.4, 0.5) is 0 Å². The van der Waals surface area contributed by atoms with Gasteiger partial charge in [0.2, 0.25) is 0 Å². The van der Waals surface area contributed by atoms with E-state index in [1.165, 1.54) is 16.3 Å². The maximum absolute atomic E-state index is 5.77. The van der Waals surface area contributed by atoms with E-state index in [9.17, 15) is 0 Å². The number of ether oxygens (including phenoxy) is 1. The zero-order valence-electron chi connectivity index (χ0n) is 13.6. The lowest BCUT2D eigenvalue weighted by Gasteiger charge is -2.08. The number of pyridine rings is 1. The molecule has 1 aromatic heterocycles. The largest absolute Gasteiger partial charge is 0.493 e. The predicted octanol–water partition coefficient (Wildman–Crippen LogP) is 5.50. The molecular weight excluding hydrogens is 282 g/mol. The molecule has 0 N–H and O–H groups in total. The van der Waals surface area contributed by atoms with Gasteiger partial charge in [0.1, 0.15) is 5.75 Å². The second-order valence-electron chi connectivity index (χ2n) is 5.62. The summed E-state index contributed by atoms with van der Waals surface area (Å²) in [7, 11) is 0. The highest BCUT2D eigenvalue weighted by atomic mass is 16.5. The molecule has 0 radical (unpaired) electrons. The molecule has 0 spiro atoms. The molecule has 0 aliphatic rings. The second-order valence-corrected chi connectivity index (χ2v) is 5.62. The molecule has 0 saturated heterocycles. The number of aryl methyl sites for hydroxylation is 1. The van der Waals surface area contributed by atoms with Gasteiger partial charge in [-0.1, -0.05) is 55.5 Å². The second kappa shape index (κ2) is 7.10. The van der Waals surface area contributed by atoms with E-state index in [0.717, 1.165) is 30.0 Å². The van der Waals surface area contributed by atoms with E-state index < -0.39 is 0 Å². The van der Waals surface area contributed by atoms with Crippen LogP contribution in [0, 0.1) is 6.92 Å². The molecule has 0 atom stereocenters. The maximum atomic E-state index is 5.77. The maximum Gasteiger partial charge on any atom is 0.125 e. The van der Waals surface area contributed by atoms with E-state index in [1.54, 1.807) is 0 Å². The molecule has 23 heavy (non-hydrogen) atoms. The fraction of sp³-hybridized carbons (Fsp3) is 0.190.